The Balaban J connectivity index is 1.54. The van der Waals surface area contributed by atoms with Crippen LogP contribution in [0.3, 0.4) is 0 Å². The molecule has 4 rings (SSSR count). The van der Waals surface area contributed by atoms with Crippen molar-refractivity contribution in [3.05, 3.63) is 71.4 Å². The van der Waals surface area contributed by atoms with E-state index in [0.29, 0.717) is 13.0 Å². The van der Waals surface area contributed by atoms with Crippen molar-refractivity contribution in [3.8, 4) is 11.4 Å². The Morgan fingerprint density at radius 2 is 1.89 bits per heavy atom. The first-order valence-corrected chi connectivity index (χ1v) is 9.42. The number of benzene rings is 2. The smallest absolute Gasteiger partial charge is 0.229 e. The molecule has 0 atom stereocenters. The maximum absolute atomic E-state index is 12.7. The Labute approximate surface area is 159 Å². The minimum Gasteiger partial charge on any atom is -0.494 e. The van der Waals surface area contributed by atoms with Gasteiger partial charge in [0.05, 0.1) is 24.4 Å². The van der Waals surface area contributed by atoms with E-state index in [4.69, 9.17) is 9.84 Å². The van der Waals surface area contributed by atoms with Gasteiger partial charge in [0.15, 0.2) is 0 Å². The van der Waals surface area contributed by atoms with Crippen molar-refractivity contribution in [3.63, 3.8) is 0 Å². The van der Waals surface area contributed by atoms with Crippen LogP contribution in [0.15, 0.2) is 54.6 Å². The normalized spacial score (nSPS) is 12.6. The lowest BCUT2D eigenvalue weighted by molar-refractivity contribution is -0.115. The van der Waals surface area contributed by atoms with Crippen molar-refractivity contribution in [1.82, 2.24) is 9.78 Å². The number of nitrogens with one attached hydrogen (secondary N) is 1. The van der Waals surface area contributed by atoms with Crippen LogP contribution in [0, 0.1) is 0 Å². The first kappa shape index (κ1) is 17.3. The summed E-state index contributed by atoms with van der Waals surface area (Å²) in [5.41, 5.74) is 4.18. The number of carbonyl (C=O) groups excluding carboxylic acids is 1. The second-order valence-corrected chi connectivity index (χ2v) is 6.68. The lowest BCUT2D eigenvalue weighted by Crippen LogP contribution is -2.18. The number of para-hydroxylation sites is 1. The molecule has 2 aromatic carbocycles. The van der Waals surface area contributed by atoms with E-state index in [2.05, 4.69) is 5.32 Å². The number of nitrogens with zero attached hydrogens (tertiary/aromatic N) is 2. The predicted octanol–water partition coefficient (Wildman–Crippen LogP) is 3.94. The highest BCUT2D eigenvalue weighted by Gasteiger charge is 2.24. The first-order valence-electron chi connectivity index (χ1n) is 9.42. The molecule has 5 nitrogen and oxygen atoms in total. The molecule has 0 unspecified atom stereocenters. The summed E-state index contributed by atoms with van der Waals surface area (Å²) in [6, 6.07) is 17.6. The zero-order chi connectivity index (χ0) is 18.6. The van der Waals surface area contributed by atoms with E-state index in [-0.39, 0.29) is 5.91 Å². The summed E-state index contributed by atoms with van der Waals surface area (Å²) in [5.74, 6) is 1.59. The molecule has 3 aromatic rings. The quantitative estimate of drug-likeness (QED) is 0.723. The number of hydrogen-bond acceptors (Lipinski definition) is 3. The molecule has 0 aliphatic heterocycles. The second kappa shape index (κ2) is 7.66. The summed E-state index contributed by atoms with van der Waals surface area (Å²) in [4.78, 5) is 12.7. The minimum atomic E-state index is -0.0362. The highest BCUT2D eigenvalue weighted by molar-refractivity contribution is 5.92. The fraction of sp³-hybridized carbons (Fsp3) is 0.273. The number of ether oxygens (including phenoxy) is 1. The molecule has 0 fully saturated rings. The van der Waals surface area contributed by atoms with Crippen LogP contribution in [0.4, 0.5) is 5.82 Å². The van der Waals surface area contributed by atoms with Crippen molar-refractivity contribution < 1.29 is 9.53 Å². The van der Waals surface area contributed by atoms with Gasteiger partial charge in [-0.15, -0.1) is 0 Å². The number of aryl methyl sites for hydroxylation is 1. The second-order valence-electron chi connectivity index (χ2n) is 6.68. The average Bonchev–Trinajstić information content (AvgIpc) is 3.27. The lowest BCUT2D eigenvalue weighted by atomic mass is 10.1. The Bertz CT molecular complexity index is 930. The number of fused-ring (bicyclic) bond motifs is 1. The van der Waals surface area contributed by atoms with Crippen LogP contribution in [0.1, 0.15) is 30.2 Å². The van der Waals surface area contributed by atoms with Crippen LogP contribution in [-0.2, 0) is 24.1 Å². The molecular weight excluding hydrogens is 338 g/mol. The SMILES string of the molecule is CCOc1ccc(CC(=O)Nc2c3c(nn2-c2ccccc2)CCC3)cc1. The van der Waals surface area contributed by atoms with E-state index in [0.717, 1.165) is 47.8 Å². The number of amides is 1. The van der Waals surface area contributed by atoms with Gasteiger partial charge in [0, 0.05) is 5.56 Å². The molecule has 1 aromatic heterocycles. The number of carbonyl (C=O) groups is 1. The number of aromatic nitrogens is 2. The summed E-state index contributed by atoms with van der Waals surface area (Å²) in [5, 5.41) is 7.85. The molecule has 1 aliphatic rings. The molecule has 0 radical (unpaired) electrons. The first-order chi connectivity index (χ1) is 13.2. The van der Waals surface area contributed by atoms with Gasteiger partial charge in [-0.05, 0) is 56.0 Å². The maximum atomic E-state index is 12.7. The van der Waals surface area contributed by atoms with Crippen LogP contribution in [-0.4, -0.2) is 22.3 Å². The number of anilines is 1. The van der Waals surface area contributed by atoms with E-state index in [1.165, 1.54) is 5.56 Å². The molecule has 1 aliphatic carbocycles. The molecule has 0 saturated carbocycles. The molecule has 0 spiro atoms. The third-order valence-corrected chi connectivity index (χ3v) is 4.76. The average molecular weight is 361 g/mol. The van der Waals surface area contributed by atoms with Gasteiger partial charge >= 0.3 is 0 Å². The number of hydrogen-bond donors (Lipinski definition) is 1. The lowest BCUT2D eigenvalue weighted by Gasteiger charge is -2.11. The highest BCUT2D eigenvalue weighted by Crippen LogP contribution is 2.31. The monoisotopic (exact) mass is 361 g/mol. The topological polar surface area (TPSA) is 56.1 Å². The molecular formula is C22H23N3O2. The predicted molar refractivity (Wildman–Crippen MR) is 106 cm³/mol. The molecule has 1 amide bonds. The fourth-order valence-electron chi connectivity index (χ4n) is 3.51. The van der Waals surface area contributed by atoms with Crippen LogP contribution < -0.4 is 10.1 Å². The largest absolute Gasteiger partial charge is 0.494 e. The van der Waals surface area contributed by atoms with Crippen LogP contribution in [0.2, 0.25) is 0 Å². The summed E-state index contributed by atoms with van der Waals surface area (Å²) >= 11 is 0. The van der Waals surface area contributed by atoms with Gasteiger partial charge in [-0.3, -0.25) is 4.79 Å². The van der Waals surface area contributed by atoms with Crippen LogP contribution in [0.5, 0.6) is 5.75 Å². The zero-order valence-electron chi connectivity index (χ0n) is 15.4. The summed E-state index contributed by atoms with van der Waals surface area (Å²) in [6.07, 6.45) is 3.34. The fourth-order valence-corrected chi connectivity index (χ4v) is 3.51. The van der Waals surface area contributed by atoms with Crippen molar-refractivity contribution >= 4 is 11.7 Å². The third-order valence-electron chi connectivity index (χ3n) is 4.76. The standard InChI is InChI=1S/C22H23N3O2/c1-2-27-18-13-11-16(12-14-18)15-21(26)23-22-19-9-6-10-20(19)24-25(22)17-7-4-3-5-8-17/h3-5,7-8,11-14H,2,6,9-10,15H2,1H3,(H,23,26). The van der Waals surface area contributed by atoms with Gasteiger partial charge in [-0.1, -0.05) is 30.3 Å². The zero-order valence-corrected chi connectivity index (χ0v) is 15.4. The van der Waals surface area contributed by atoms with E-state index < -0.39 is 0 Å². The molecule has 138 valence electrons. The Hall–Kier alpha value is -3.08. The molecule has 5 heteroatoms. The molecule has 0 saturated heterocycles. The Morgan fingerprint density at radius 1 is 1.11 bits per heavy atom. The van der Waals surface area contributed by atoms with Gasteiger partial charge in [-0.2, -0.15) is 5.10 Å². The van der Waals surface area contributed by atoms with Gasteiger partial charge in [0.1, 0.15) is 11.6 Å². The third kappa shape index (κ3) is 3.72. The van der Waals surface area contributed by atoms with Gasteiger partial charge in [0.2, 0.25) is 5.91 Å². The minimum absolute atomic E-state index is 0.0362. The molecule has 27 heavy (non-hydrogen) atoms. The summed E-state index contributed by atoms with van der Waals surface area (Å²) in [7, 11) is 0. The van der Waals surface area contributed by atoms with E-state index in [1.54, 1.807) is 0 Å². The van der Waals surface area contributed by atoms with E-state index in [1.807, 2.05) is 66.2 Å². The van der Waals surface area contributed by atoms with Crippen molar-refractivity contribution in [1.29, 1.82) is 0 Å². The van der Waals surface area contributed by atoms with Crippen molar-refractivity contribution in [2.75, 3.05) is 11.9 Å². The van der Waals surface area contributed by atoms with Crippen molar-refractivity contribution in [2.24, 2.45) is 0 Å². The van der Waals surface area contributed by atoms with Crippen LogP contribution in [0.25, 0.3) is 5.69 Å². The Kier molecular flexibility index (Phi) is 4.92. The van der Waals surface area contributed by atoms with Crippen molar-refractivity contribution in [2.45, 2.75) is 32.6 Å². The maximum Gasteiger partial charge on any atom is 0.229 e. The van der Waals surface area contributed by atoms with E-state index in [9.17, 15) is 4.79 Å². The Morgan fingerprint density at radius 3 is 2.63 bits per heavy atom. The summed E-state index contributed by atoms with van der Waals surface area (Å²) in [6.45, 7) is 2.59. The van der Waals surface area contributed by atoms with E-state index >= 15 is 0 Å². The van der Waals surface area contributed by atoms with Crippen LogP contribution >= 0.6 is 0 Å². The number of rotatable bonds is 6. The molecule has 1 N–H and O–H groups in total. The van der Waals surface area contributed by atoms with Gasteiger partial charge < -0.3 is 10.1 Å². The summed E-state index contributed by atoms with van der Waals surface area (Å²) < 4.78 is 7.32. The molecule has 0 bridgehead atoms. The van der Waals surface area contributed by atoms with Gasteiger partial charge in [0.25, 0.3) is 0 Å². The highest BCUT2D eigenvalue weighted by atomic mass is 16.5. The van der Waals surface area contributed by atoms with Gasteiger partial charge in [-0.25, -0.2) is 4.68 Å². The molecule has 1 heterocycles.